The summed E-state index contributed by atoms with van der Waals surface area (Å²) in [4.78, 5) is 7.41. The summed E-state index contributed by atoms with van der Waals surface area (Å²) in [6.07, 6.45) is 2.64. The topological polar surface area (TPSA) is 44.2 Å². The fraction of sp³-hybridized carbons (Fsp3) is 0.231. The van der Waals surface area contributed by atoms with Gasteiger partial charge in [-0.3, -0.25) is 0 Å². The molecule has 4 nitrogen and oxygen atoms in total. The molecular formula is C13H11ClF2N2O2. The second-order valence-electron chi connectivity index (χ2n) is 3.98. The standard InChI is InChI=1S/C13H11ClF2N2O2/c1-7-3-10(19-2)12(16)9(11(7)15)6-20-8-4-17-13(14)18-5-8/h3-5H,6H2,1-2H3. The molecule has 0 atom stereocenters. The summed E-state index contributed by atoms with van der Waals surface area (Å²) in [5.41, 5.74) is 0.0611. The molecule has 2 aromatic rings. The molecule has 20 heavy (non-hydrogen) atoms. The first-order valence-electron chi connectivity index (χ1n) is 5.64. The maximum atomic E-state index is 14.0. The van der Waals surface area contributed by atoms with Crippen LogP contribution in [0.3, 0.4) is 0 Å². The molecule has 0 radical (unpaired) electrons. The van der Waals surface area contributed by atoms with Gasteiger partial charge in [0.15, 0.2) is 17.3 Å². The van der Waals surface area contributed by atoms with Crippen molar-refractivity contribution in [2.24, 2.45) is 0 Å². The Hall–Kier alpha value is -1.95. The van der Waals surface area contributed by atoms with Crippen molar-refractivity contribution < 1.29 is 18.3 Å². The monoisotopic (exact) mass is 300 g/mol. The van der Waals surface area contributed by atoms with E-state index in [4.69, 9.17) is 21.1 Å². The molecule has 0 amide bonds. The second-order valence-corrected chi connectivity index (χ2v) is 4.32. The lowest BCUT2D eigenvalue weighted by atomic mass is 10.1. The summed E-state index contributed by atoms with van der Waals surface area (Å²) in [5.74, 6) is -1.23. The van der Waals surface area contributed by atoms with Crippen molar-refractivity contribution in [2.75, 3.05) is 7.11 Å². The molecule has 2 rings (SSSR count). The maximum absolute atomic E-state index is 14.0. The van der Waals surface area contributed by atoms with Gasteiger partial charge in [0.05, 0.1) is 25.1 Å². The van der Waals surface area contributed by atoms with Crippen molar-refractivity contribution in [1.29, 1.82) is 0 Å². The predicted molar refractivity (Wildman–Crippen MR) is 69.0 cm³/mol. The summed E-state index contributed by atoms with van der Waals surface area (Å²) >= 11 is 5.53. The molecule has 0 spiro atoms. The number of ether oxygens (including phenoxy) is 2. The van der Waals surface area contributed by atoms with Gasteiger partial charge in [-0.2, -0.15) is 0 Å². The van der Waals surface area contributed by atoms with Crippen molar-refractivity contribution in [1.82, 2.24) is 9.97 Å². The van der Waals surface area contributed by atoms with Gasteiger partial charge in [-0.25, -0.2) is 18.7 Å². The van der Waals surface area contributed by atoms with Crippen LogP contribution in [0.5, 0.6) is 11.5 Å². The Labute approximate surface area is 119 Å². The first-order valence-corrected chi connectivity index (χ1v) is 6.02. The van der Waals surface area contributed by atoms with Crippen LogP contribution in [0.4, 0.5) is 8.78 Å². The first kappa shape index (κ1) is 14.5. The number of aromatic nitrogens is 2. The van der Waals surface area contributed by atoms with Gasteiger partial charge in [0.2, 0.25) is 5.28 Å². The van der Waals surface area contributed by atoms with Gasteiger partial charge in [-0.05, 0) is 30.2 Å². The van der Waals surface area contributed by atoms with Crippen molar-refractivity contribution in [3.63, 3.8) is 0 Å². The molecule has 0 N–H and O–H groups in total. The molecule has 0 aliphatic rings. The minimum Gasteiger partial charge on any atom is -0.494 e. The maximum Gasteiger partial charge on any atom is 0.222 e. The third kappa shape index (κ3) is 2.96. The lowest BCUT2D eigenvalue weighted by Gasteiger charge is -2.12. The zero-order valence-electron chi connectivity index (χ0n) is 10.8. The molecule has 1 heterocycles. The first-order chi connectivity index (χ1) is 9.52. The normalized spacial score (nSPS) is 10.4. The minimum absolute atomic E-state index is 0.0325. The minimum atomic E-state index is -0.787. The van der Waals surface area contributed by atoms with E-state index in [1.165, 1.54) is 32.5 Å². The number of aryl methyl sites for hydroxylation is 1. The molecule has 1 aromatic heterocycles. The number of halogens is 3. The summed E-state index contributed by atoms with van der Waals surface area (Å²) in [5, 5.41) is 0.0620. The number of hydrogen-bond acceptors (Lipinski definition) is 4. The fourth-order valence-electron chi connectivity index (χ4n) is 1.61. The zero-order valence-corrected chi connectivity index (χ0v) is 11.5. The van der Waals surface area contributed by atoms with Crippen molar-refractivity contribution >= 4 is 11.6 Å². The van der Waals surface area contributed by atoms with Crippen molar-refractivity contribution in [2.45, 2.75) is 13.5 Å². The van der Waals surface area contributed by atoms with Crippen LogP contribution in [0.2, 0.25) is 5.28 Å². The molecule has 0 fully saturated rings. The molecule has 0 unspecified atom stereocenters. The van der Waals surface area contributed by atoms with Crippen molar-refractivity contribution in [3.8, 4) is 11.5 Å². The number of benzene rings is 1. The van der Waals surface area contributed by atoms with E-state index >= 15 is 0 Å². The number of rotatable bonds is 4. The van der Waals surface area contributed by atoms with E-state index in [1.807, 2.05) is 0 Å². The van der Waals surface area contributed by atoms with Crippen molar-refractivity contribution in [3.05, 3.63) is 46.5 Å². The molecule has 0 bridgehead atoms. The van der Waals surface area contributed by atoms with Gasteiger partial charge in [0.25, 0.3) is 0 Å². The Morgan fingerprint density at radius 2 is 1.85 bits per heavy atom. The quantitative estimate of drug-likeness (QED) is 0.813. The highest BCUT2D eigenvalue weighted by atomic mass is 35.5. The SMILES string of the molecule is COc1cc(C)c(F)c(COc2cnc(Cl)nc2)c1F. The van der Waals surface area contributed by atoms with E-state index in [2.05, 4.69) is 9.97 Å². The van der Waals surface area contributed by atoms with Crippen LogP contribution in [0.1, 0.15) is 11.1 Å². The highest BCUT2D eigenvalue weighted by Gasteiger charge is 2.18. The summed E-state index contributed by atoms with van der Waals surface area (Å²) in [6, 6.07) is 1.29. The largest absolute Gasteiger partial charge is 0.494 e. The Bertz CT molecular complexity index is 621. The van der Waals surface area contributed by atoms with Crippen LogP contribution < -0.4 is 9.47 Å². The molecule has 0 saturated heterocycles. The summed E-state index contributed by atoms with van der Waals surface area (Å²) < 4.78 is 38.0. The Morgan fingerprint density at radius 3 is 2.45 bits per heavy atom. The van der Waals surface area contributed by atoms with Crippen LogP contribution in [-0.4, -0.2) is 17.1 Å². The molecular weight excluding hydrogens is 290 g/mol. The molecule has 0 aliphatic heterocycles. The smallest absolute Gasteiger partial charge is 0.222 e. The van der Waals surface area contributed by atoms with E-state index in [-0.39, 0.29) is 34.5 Å². The fourth-order valence-corrected chi connectivity index (χ4v) is 1.71. The number of nitrogens with zero attached hydrogens (tertiary/aromatic N) is 2. The average molecular weight is 301 g/mol. The highest BCUT2D eigenvalue weighted by Crippen LogP contribution is 2.27. The van der Waals surface area contributed by atoms with Gasteiger partial charge in [-0.15, -0.1) is 0 Å². The average Bonchev–Trinajstić information content (AvgIpc) is 2.44. The molecule has 0 aliphatic carbocycles. The highest BCUT2D eigenvalue weighted by molar-refractivity contribution is 6.28. The van der Waals surface area contributed by atoms with E-state index in [0.717, 1.165) is 0 Å². The summed E-state index contributed by atoms with van der Waals surface area (Å²) in [7, 11) is 1.31. The van der Waals surface area contributed by atoms with Gasteiger partial charge in [0.1, 0.15) is 12.4 Å². The van der Waals surface area contributed by atoms with E-state index in [0.29, 0.717) is 0 Å². The van der Waals surface area contributed by atoms with E-state index in [9.17, 15) is 8.78 Å². The molecule has 0 saturated carbocycles. The Kier molecular flexibility index (Phi) is 4.34. The third-order valence-electron chi connectivity index (χ3n) is 2.64. The Balaban J connectivity index is 2.24. The second kappa shape index (κ2) is 6.00. The molecule has 1 aromatic carbocycles. The summed E-state index contributed by atoms with van der Waals surface area (Å²) in [6.45, 7) is 1.22. The zero-order chi connectivity index (χ0) is 14.7. The molecule has 7 heteroatoms. The number of hydrogen-bond donors (Lipinski definition) is 0. The van der Waals surface area contributed by atoms with Crippen LogP contribution >= 0.6 is 11.6 Å². The van der Waals surface area contributed by atoms with E-state index < -0.39 is 11.6 Å². The third-order valence-corrected chi connectivity index (χ3v) is 2.83. The van der Waals surface area contributed by atoms with Gasteiger partial charge in [0, 0.05) is 0 Å². The van der Waals surface area contributed by atoms with Crippen LogP contribution in [0.15, 0.2) is 18.5 Å². The van der Waals surface area contributed by atoms with Gasteiger partial charge < -0.3 is 9.47 Å². The lowest BCUT2D eigenvalue weighted by Crippen LogP contribution is -2.06. The number of methoxy groups -OCH3 is 1. The Morgan fingerprint density at radius 1 is 1.20 bits per heavy atom. The molecule has 106 valence electrons. The lowest BCUT2D eigenvalue weighted by molar-refractivity contribution is 0.285. The van der Waals surface area contributed by atoms with Crippen LogP contribution in [0, 0.1) is 18.6 Å². The predicted octanol–water partition coefficient (Wildman–Crippen LogP) is 3.30. The van der Waals surface area contributed by atoms with E-state index in [1.54, 1.807) is 0 Å². The van der Waals surface area contributed by atoms with Crippen LogP contribution in [0.25, 0.3) is 0 Å². The van der Waals surface area contributed by atoms with Gasteiger partial charge in [-0.1, -0.05) is 0 Å². The van der Waals surface area contributed by atoms with Gasteiger partial charge >= 0.3 is 0 Å². The van der Waals surface area contributed by atoms with Crippen LogP contribution in [-0.2, 0) is 6.61 Å².